The Morgan fingerprint density at radius 2 is 1.28 bits per heavy atom. The fraction of sp³-hybridized carbons (Fsp3) is 0.612. The van der Waals surface area contributed by atoms with E-state index in [9.17, 15) is 77.3 Å². The van der Waals surface area contributed by atoms with Crippen molar-refractivity contribution < 1.29 is 76.8 Å². The van der Waals surface area contributed by atoms with Crippen molar-refractivity contribution >= 4 is 70.2 Å². The third-order valence-corrected chi connectivity index (χ3v) is 17.5. The van der Waals surface area contributed by atoms with Crippen molar-refractivity contribution in [2.24, 2.45) is 10.8 Å². The first-order valence-corrected chi connectivity index (χ1v) is 32.9. The van der Waals surface area contributed by atoms with E-state index in [1.54, 1.807) is 76.5 Å². The molecule has 3 aliphatic rings. The maximum Gasteiger partial charge on any atom is 0.317 e. The smallest absolute Gasteiger partial charge is 0.317 e. The predicted octanol–water partition coefficient (Wildman–Crippen LogP) is 2.69. The Bertz CT molecular complexity index is 3200. The van der Waals surface area contributed by atoms with E-state index in [2.05, 4.69) is 31.2 Å². The minimum Gasteiger partial charge on any atom is -0.494 e. The van der Waals surface area contributed by atoms with Gasteiger partial charge in [-0.15, -0.1) is 0 Å². The number of aromatic nitrogens is 1. The number of carboxylic acids is 3. The Hall–Kier alpha value is -8.30. The Morgan fingerprint density at radius 3 is 1.86 bits per heavy atom. The number of likely N-dealkylation sites (tertiary alicyclic amines) is 1. The molecule has 0 radical (unpaired) electrons. The number of aryl methyl sites for hydroxylation is 2. The fourth-order valence-electron chi connectivity index (χ4n) is 12.3. The molecule has 27 nitrogen and oxygen atoms in total. The van der Waals surface area contributed by atoms with Crippen LogP contribution in [0.3, 0.4) is 0 Å². The van der Waals surface area contributed by atoms with E-state index in [4.69, 9.17) is 4.74 Å². The van der Waals surface area contributed by atoms with Crippen LogP contribution in [0.25, 0.3) is 10.9 Å². The summed E-state index contributed by atoms with van der Waals surface area (Å²) in [5.74, 6) is -9.75. The molecule has 0 aliphatic carbocycles. The van der Waals surface area contributed by atoms with Crippen molar-refractivity contribution in [3.63, 3.8) is 0 Å². The highest BCUT2D eigenvalue weighted by atomic mass is 19.3. The lowest BCUT2D eigenvalue weighted by Gasteiger charge is -2.40. The highest BCUT2D eigenvalue weighted by Crippen LogP contribution is 2.36. The molecule has 4 heterocycles. The molecule has 3 fully saturated rings. The van der Waals surface area contributed by atoms with Crippen LogP contribution in [-0.4, -0.2) is 269 Å². The molecule has 0 spiro atoms. The number of nitrogens with zero attached hydrogens (tertiary/aromatic N) is 9. The van der Waals surface area contributed by atoms with Gasteiger partial charge < -0.3 is 45.8 Å². The molecular weight excluding hydrogens is 1250 g/mol. The van der Waals surface area contributed by atoms with Gasteiger partial charge in [0, 0.05) is 120 Å². The van der Waals surface area contributed by atoms with Crippen molar-refractivity contribution in [2.45, 2.75) is 117 Å². The second kappa shape index (κ2) is 36.7. The van der Waals surface area contributed by atoms with Crippen LogP contribution in [0.5, 0.6) is 5.75 Å². The molecule has 29 heteroatoms. The van der Waals surface area contributed by atoms with Gasteiger partial charge in [0.15, 0.2) is 0 Å². The summed E-state index contributed by atoms with van der Waals surface area (Å²) in [5, 5.41) is 49.5. The molecule has 6 rings (SSSR count). The van der Waals surface area contributed by atoms with Crippen LogP contribution in [-0.2, 0) is 49.6 Å². The number of carbonyl (C=O) groups is 10. The van der Waals surface area contributed by atoms with Gasteiger partial charge in [-0.25, -0.2) is 8.78 Å². The van der Waals surface area contributed by atoms with Gasteiger partial charge in [-0.3, -0.25) is 82.7 Å². The zero-order valence-corrected chi connectivity index (χ0v) is 55.9. The number of rotatable bonds is 32. The standard InChI is InChI=1S/C67H95F2N13O14/c1-47-14-16-48(17-15-47)11-10-13-55(83)72-21-7-6-12-54(74-56(84)41-77-24-26-78(42-58(86)87)28-30-80(44-60(90)91)31-29-79(27-25-77)43-59(88)89)62(93)75-63(94)65(2,3)45-66(4,5)64(95)81-34-32-76(33-35-81)23-8-9-36-96-50-18-19-53-52(37-50)51(20-22-71-53)61(92)73-40-57(85)82-46-67(68,69)38-49(82)39-70/h14-20,22,37,49,54H,6-13,21,23-36,38,40-46H2,1-5H3,(H,72,83)(H,73,92)(H,74,84)(H,86,87)(H,88,89)(H,90,91)(H,75,93,94)/t49-,54+/m1/s1. The summed E-state index contributed by atoms with van der Waals surface area (Å²) in [5.41, 5.74) is 0.646. The van der Waals surface area contributed by atoms with Crippen molar-refractivity contribution in [3.8, 4) is 11.8 Å². The number of nitrogens with one attached hydrogen (secondary N) is 4. The molecule has 7 amide bonds. The van der Waals surface area contributed by atoms with E-state index < -0.39 is 95.8 Å². The minimum atomic E-state index is -3.19. The van der Waals surface area contributed by atoms with Crippen LogP contribution in [0.1, 0.15) is 107 Å². The number of benzene rings is 2. The first kappa shape index (κ1) is 76.7. The van der Waals surface area contributed by atoms with E-state index in [-0.39, 0.29) is 109 Å². The molecule has 0 bridgehead atoms. The zero-order valence-electron chi connectivity index (χ0n) is 55.9. The Kier molecular flexibility index (Phi) is 29.3. The molecular formula is C67H95F2N13O14. The van der Waals surface area contributed by atoms with E-state index in [0.29, 0.717) is 88.1 Å². The lowest BCUT2D eigenvalue weighted by atomic mass is 9.73. The Morgan fingerprint density at radius 1 is 0.698 bits per heavy atom. The fourth-order valence-corrected chi connectivity index (χ4v) is 12.3. The second-order valence-corrected chi connectivity index (χ2v) is 26.5. The van der Waals surface area contributed by atoms with E-state index in [1.807, 2.05) is 31.2 Å². The number of alkyl halides is 2. The topological polar surface area (TPSA) is 348 Å². The van der Waals surface area contributed by atoms with Crippen LogP contribution < -0.4 is 26.0 Å². The van der Waals surface area contributed by atoms with E-state index >= 15 is 0 Å². The average molecular weight is 1340 g/mol. The van der Waals surface area contributed by atoms with E-state index in [0.717, 1.165) is 35.4 Å². The lowest BCUT2D eigenvalue weighted by Crippen LogP contribution is -2.55. The Balaban J connectivity index is 0.997. The number of pyridine rings is 1. The van der Waals surface area contributed by atoms with Gasteiger partial charge in [0.2, 0.25) is 35.4 Å². The lowest BCUT2D eigenvalue weighted by molar-refractivity contribution is -0.146. The summed E-state index contributed by atoms with van der Waals surface area (Å²) in [6.45, 7) is 10.8. The number of hydrogen-bond donors (Lipinski definition) is 7. The van der Waals surface area contributed by atoms with Gasteiger partial charge in [0.1, 0.15) is 17.8 Å². The normalized spacial score (nSPS) is 17.7. The number of aliphatic carboxylic acids is 3. The molecule has 0 saturated carbocycles. The summed E-state index contributed by atoms with van der Waals surface area (Å²) < 4.78 is 33.9. The number of amides is 7. The van der Waals surface area contributed by atoms with Gasteiger partial charge >= 0.3 is 17.9 Å². The molecule has 3 aliphatic heterocycles. The minimum absolute atomic E-state index is 0.0582. The Labute approximate surface area is 559 Å². The number of piperazine rings is 1. The number of carbonyl (C=O) groups excluding carboxylic acids is 7. The monoisotopic (exact) mass is 1340 g/mol. The number of hydrogen-bond acceptors (Lipinski definition) is 18. The van der Waals surface area contributed by atoms with Crippen LogP contribution >= 0.6 is 0 Å². The quantitative estimate of drug-likeness (QED) is 0.0442. The number of ether oxygens (including phenoxy) is 1. The van der Waals surface area contributed by atoms with Gasteiger partial charge in [0.25, 0.3) is 11.8 Å². The zero-order chi connectivity index (χ0) is 70.2. The highest BCUT2D eigenvalue weighted by molar-refractivity contribution is 6.07. The molecule has 2 atom stereocenters. The molecule has 526 valence electrons. The second-order valence-electron chi connectivity index (χ2n) is 26.5. The summed E-state index contributed by atoms with van der Waals surface area (Å²) in [6, 6.07) is 13.9. The molecule has 3 aromatic rings. The van der Waals surface area contributed by atoms with Crippen LogP contribution in [0, 0.1) is 29.1 Å². The van der Waals surface area contributed by atoms with Crippen LogP contribution in [0.4, 0.5) is 8.78 Å². The number of imide groups is 1. The summed E-state index contributed by atoms with van der Waals surface area (Å²) in [7, 11) is 0. The molecule has 7 N–H and O–H groups in total. The van der Waals surface area contributed by atoms with Gasteiger partial charge in [-0.2, -0.15) is 5.26 Å². The summed E-state index contributed by atoms with van der Waals surface area (Å²) >= 11 is 0. The number of unbranched alkanes of at least 4 members (excludes halogenated alkanes) is 2. The molecule has 3 saturated heterocycles. The van der Waals surface area contributed by atoms with Crippen molar-refractivity contribution in [3.05, 3.63) is 71.4 Å². The highest BCUT2D eigenvalue weighted by Gasteiger charge is 2.47. The number of halogens is 2. The number of carboxylic acid groups (broad SMARTS) is 3. The average Bonchev–Trinajstić information content (AvgIpc) is 1.11. The summed E-state index contributed by atoms with van der Waals surface area (Å²) in [6.07, 6.45) is 4.77. The summed E-state index contributed by atoms with van der Waals surface area (Å²) in [4.78, 5) is 147. The van der Waals surface area contributed by atoms with Crippen molar-refractivity contribution in [2.75, 3.05) is 138 Å². The van der Waals surface area contributed by atoms with Gasteiger partial charge in [-0.1, -0.05) is 57.5 Å². The maximum atomic E-state index is 14.3. The third-order valence-electron chi connectivity index (χ3n) is 17.5. The van der Waals surface area contributed by atoms with Gasteiger partial charge in [-0.05, 0) is 94.7 Å². The van der Waals surface area contributed by atoms with Gasteiger partial charge in [0.05, 0.1) is 63.0 Å². The van der Waals surface area contributed by atoms with Crippen molar-refractivity contribution in [1.29, 1.82) is 5.26 Å². The number of nitriles is 1. The maximum absolute atomic E-state index is 14.3. The van der Waals surface area contributed by atoms with E-state index in [1.165, 1.54) is 12.3 Å². The molecule has 2 aromatic carbocycles. The first-order chi connectivity index (χ1) is 45.5. The SMILES string of the molecule is Cc1ccc(CCCC(=O)NCCCC[C@H](NC(=O)CN2CCN(CC(=O)O)CCN(CC(=O)O)CCN(CC(=O)O)CC2)C(=O)NC(=O)C(C)(C)CC(C)(C)C(=O)N2CCN(CCCCOc3ccc4nccc(C(=O)NCC(=O)N5CC(F)(F)C[C@@H]5C#N)c4c3)CC2)cc1. The first-order valence-electron chi connectivity index (χ1n) is 32.9. The van der Waals surface area contributed by atoms with Crippen molar-refractivity contribution in [1.82, 2.24) is 60.6 Å². The number of fused-ring (bicyclic) bond motifs is 1. The third kappa shape index (κ3) is 25.4. The molecule has 96 heavy (non-hydrogen) atoms. The largest absolute Gasteiger partial charge is 0.494 e. The van der Waals surface area contributed by atoms with Crippen LogP contribution in [0.2, 0.25) is 0 Å². The van der Waals surface area contributed by atoms with Crippen LogP contribution in [0.15, 0.2) is 54.7 Å². The predicted molar refractivity (Wildman–Crippen MR) is 349 cm³/mol. The molecule has 1 aromatic heterocycles. The molecule has 0 unspecified atom stereocenters.